The Balaban J connectivity index is 2.34. The van der Waals surface area contributed by atoms with Crippen LogP contribution in [0.15, 0.2) is 24.5 Å². The highest BCUT2D eigenvalue weighted by atomic mass is 16.3. The zero-order valence-electron chi connectivity index (χ0n) is 8.93. The van der Waals surface area contributed by atoms with E-state index in [4.69, 9.17) is 5.26 Å². The number of aliphatic hydroxyl groups is 1. The van der Waals surface area contributed by atoms with Gasteiger partial charge in [0.25, 0.3) is 0 Å². The molecule has 2 rings (SSSR count). The molecule has 0 fully saturated rings. The van der Waals surface area contributed by atoms with Crippen LogP contribution in [0, 0.1) is 11.3 Å². The summed E-state index contributed by atoms with van der Waals surface area (Å²) in [5, 5.41) is 18.7. The number of aromatic nitrogens is 2. The second-order valence-corrected chi connectivity index (χ2v) is 3.64. The Morgan fingerprint density at radius 3 is 3.12 bits per heavy atom. The zero-order valence-corrected chi connectivity index (χ0v) is 8.93. The molecule has 0 aliphatic carbocycles. The minimum atomic E-state index is 0.0213. The smallest absolute Gasteiger partial charge is 0.140 e. The summed E-state index contributed by atoms with van der Waals surface area (Å²) in [6.45, 7) is 0.786. The fraction of sp³-hybridized carbons (Fsp3) is 0.333. The summed E-state index contributed by atoms with van der Waals surface area (Å²) in [6, 6.07) is 5.94. The van der Waals surface area contributed by atoms with Crippen molar-refractivity contribution in [2.24, 2.45) is 0 Å². The first-order chi connectivity index (χ1) is 7.86. The van der Waals surface area contributed by atoms with Crippen molar-refractivity contribution in [1.29, 1.82) is 5.26 Å². The molecule has 0 aliphatic rings. The van der Waals surface area contributed by atoms with E-state index in [1.165, 1.54) is 0 Å². The van der Waals surface area contributed by atoms with E-state index in [0.717, 1.165) is 29.6 Å². The van der Waals surface area contributed by atoms with Crippen LogP contribution in [0.1, 0.15) is 18.4 Å². The van der Waals surface area contributed by atoms with Gasteiger partial charge in [-0.2, -0.15) is 5.26 Å². The van der Waals surface area contributed by atoms with E-state index in [9.17, 15) is 5.11 Å². The number of hydrogen-bond donors (Lipinski definition) is 1. The van der Waals surface area contributed by atoms with E-state index < -0.39 is 0 Å². The zero-order chi connectivity index (χ0) is 11.4. The van der Waals surface area contributed by atoms with Crippen molar-refractivity contribution >= 4 is 11.0 Å². The summed E-state index contributed by atoms with van der Waals surface area (Å²) in [5.41, 5.74) is 1.77. The first-order valence-corrected chi connectivity index (χ1v) is 5.27. The highest BCUT2D eigenvalue weighted by Gasteiger charge is 2.07. The molecule has 16 heavy (non-hydrogen) atoms. The van der Waals surface area contributed by atoms with Crippen LogP contribution < -0.4 is 0 Å². The van der Waals surface area contributed by atoms with Gasteiger partial charge in [0, 0.05) is 36.3 Å². The molecule has 2 heterocycles. The normalized spacial score (nSPS) is 10.5. The molecule has 1 N–H and O–H groups in total. The number of fused-ring (bicyclic) bond motifs is 1. The molecule has 2 aromatic rings. The molecule has 0 amide bonds. The molecule has 82 valence electrons. The number of aryl methyl sites for hydroxylation is 1. The number of nitriles is 1. The molecular formula is C12H13N3O. The van der Waals surface area contributed by atoms with Gasteiger partial charge in [-0.1, -0.05) is 0 Å². The average Bonchev–Trinajstić information content (AvgIpc) is 2.68. The van der Waals surface area contributed by atoms with Gasteiger partial charge in [-0.05, 0) is 18.6 Å². The van der Waals surface area contributed by atoms with Crippen molar-refractivity contribution in [2.45, 2.75) is 26.0 Å². The van der Waals surface area contributed by atoms with Gasteiger partial charge in [-0.25, -0.2) is 4.98 Å². The Hall–Kier alpha value is -1.86. The van der Waals surface area contributed by atoms with Gasteiger partial charge in [0.05, 0.1) is 12.7 Å². The van der Waals surface area contributed by atoms with Crippen molar-refractivity contribution in [2.75, 3.05) is 0 Å². The predicted molar refractivity (Wildman–Crippen MR) is 60.5 cm³/mol. The monoisotopic (exact) mass is 215 g/mol. The third kappa shape index (κ3) is 1.90. The van der Waals surface area contributed by atoms with Gasteiger partial charge >= 0.3 is 0 Å². The van der Waals surface area contributed by atoms with E-state index in [2.05, 4.69) is 11.1 Å². The number of hydrogen-bond acceptors (Lipinski definition) is 3. The lowest BCUT2D eigenvalue weighted by Crippen LogP contribution is -1.96. The summed E-state index contributed by atoms with van der Waals surface area (Å²) in [6.07, 6.45) is 5.00. The number of unbranched alkanes of at least 4 members (excludes halogenated alkanes) is 1. The lowest BCUT2D eigenvalue weighted by atomic mass is 10.2. The molecular weight excluding hydrogens is 202 g/mol. The molecule has 0 saturated heterocycles. The van der Waals surface area contributed by atoms with Gasteiger partial charge in [-0.3, -0.25) is 0 Å². The Bertz CT molecular complexity index is 525. The molecule has 0 atom stereocenters. The van der Waals surface area contributed by atoms with E-state index in [-0.39, 0.29) is 6.61 Å². The molecule has 0 saturated carbocycles. The first-order valence-electron chi connectivity index (χ1n) is 5.27. The molecule has 0 aromatic carbocycles. The SMILES string of the molecule is N#CCCCn1cc(CO)c2cccnc21. The number of nitrogens with zero attached hydrogens (tertiary/aromatic N) is 3. The van der Waals surface area contributed by atoms with Crippen LogP contribution in [0.25, 0.3) is 11.0 Å². The van der Waals surface area contributed by atoms with Gasteiger partial charge in [0.1, 0.15) is 5.65 Å². The molecule has 4 heteroatoms. The van der Waals surface area contributed by atoms with E-state index in [1.54, 1.807) is 6.20 Å². The standard InChI is InChI=1S/C12H13N3O/c13-5-1-2-7-15-8-10(9-16)11-4-3-6-14-12(11)15/h3-4,6,8,16H,1-2,7,9H2. The lowest BCUT2D eigenvalue weighted by molar-refractivity contribution is 0.283. The molecule has 2 aromatic heterocycles. The van der Waals surface area contributed by atoms with Crippen molar-refractivity contribution in [1.82, 2.24) is 9.55 Å². The second-order valence-electron chi connectivity index (χ2n) is 3.64. The van der Waals surface area contributed by atoms with Crippen LogP contribution in [-0.2, 0) is 13.2 Å². The third-order valence-electron chi connectivity index (χ3n) is 2.57. The summed E-state index contributed by atoms with van der Waals surface area (Å²) >= 11 is 0. The Kier molecular flexibility index (Phi) is 3.18. The molecule has 0 unspecified atom stereocenters. The first kappa shape index (κ1) is 10.7. The van der Waals surface area contributed by atoms with Gasteiger partial charge in [0.15, 0.2) is 0 Å². The van der Waals surface area contributed by atoms with Crippen molar-refractivity contribution in [3.8, 4) is 6.07 Å². The fourth-order valence-corrected chi connectivity index (χ4v) is 1.82. The largest absolute Gasteiger partial charge is 0.392 e. The van der Waals surface area contributed by atoms with E-state index in [1.807, 2.05) is 22.9 Å². The number of aliphatic hydroxyl groups excluding tert-OH is 1. The third-order valence-corrected chi connectivity index (χ3v) is 2.57. The van der Waals surface area contributed by atoms with Crippen LogP contribution in [0.3, 0.4) is 0 Å². The quantitative estimate of drug-likeness (QED) is 0.791. The summed E-state index contributed by atoms with van der Waals surface area (Å²) < 4.78 is 2.00. The fourth-order valence-electron chi connectivity index (χ4n) is 1.82. The van der Waals surface area contributed by atoms with Crippen molar-refractivity contribution in [3.05, 3.63) is 30.1 Å². The van der Waals surface area contributed by atoms with Gasteiger partial charge in [-0.15, -0.1) is 0 Å². The minimum absolute atomic E-state index is 0.0213. The van der Waals surface area contributed by atoms with Crippen LogP contribution >= 0.6 is 0 Å². The maximum atomic E-state index is 9.23. The second kappa shape index (κ2) is 4.77. The summed E-state index contributed by atoms with van der Waals surface area (Å²) in [5.74, 6) is 0. The van der Waals surface area contributed by atoms with E-state index in [0.29, 0.717) is 6.42 Å². The van der Waals surface area contributed by atoms with Gasteiger partial charge in [0.2, 0.25) is 0 Å². The van der Waals surface area contributed by atoms with Crippen LogP contribution in [0.4, 0.5) is 0 Å². The maximum Gasteiger partial charge on any atom is 0.140 e. The van der Waals surface area contributed by atoms with E-state index >= 15 is 0 Å². The predicted octanol–water partition coefficient (Wildman–Crippen LogP) is 1.83. The van der Waals surface area contributed by atoms with Gasteiger partial charge < -0.3 is 9.67 Å². The highest BCUT2D eigenvalue weighted by Crippen LogP contribution is 2.19. The van der Waals surface area contributed by atoms with Crippen molar-refractivity contribution < 1.29 is 5.11 Å². The highest BCUT2D eigenvalue weighted by molar-refractivity contribution is 5.80. The maximum absolute atomic E-state index is 9.23. The van der Waals surface area contributed by atoms with Crippen molar-refractivity contribution in [3.63, 3.8) is 0 Å². The molecule has 4 nitrogen and oxygen atoms in total. The topological polar surface area (TPSA) is 61.8 Å². The molecule has 0 spiro atoms. The van der Waals surface area contributed by atoms with Crippen LogP contribution in [-0.4, -0.2) is 14.7 Å². The molecule has 0 radical (unpaired) electrons. The number of pyridine rings is 1. The Morgan fingerprint density at radius 2 is 2.38 bits per heavy atom. The summed E-state index contributed by atoms with van der Waals surface area (Å²) in [4.78, 5) is 4.30. The van der Waals surface area contributed by atoms with Crippen LogP contribution in [0.5, 0.6) is 0 Å². The molecule has 0 bridgehead atoms. The van der Waals surface area contributed by atoms with Crippen LogP contribution in [0.2, 0.25) is 0 Å². The molecule has 0 aliphatic heterocycles. The Morgan fingerprint density at radius 1 is 1.50 bits per heavy atom. The summed E-state index contributed by atoms with van der Waals surface area (Å²) in [7, 11) is 0. The number of rotatable bonds is 4. The average molecular weight is 215 g/mol. The Labute approximate surface area is 93.8 Å². The minimum Gasteiger partial charge on any atom is -0.392 e. The lowest BCUT2D eigenvalue weighted by Gasteiger charge is -2.01.